The van der Waals surface area contributed by atoms with Crippen LogP contribution in [0, 0.1) is 0 Å². The quantitative estimate of drug-likeness (QED) is 0.765. The van der Waals surface area contributed by atoms with Crippen LogP contribution in [0.15, 0.2) is 0 Å². The molecule has 0 bridgehead atoms. The highest BCUT2D eigenvalue weighted by atomic mass is 16.5. The van der Waals surface area contributed by atoms with Gasteiger partial charge in [-0.3, -0.25) is 4.68 Å². The Morgan fingerprint density at radius 2 is 2.27 bits per heavy atom. The van der Waals surface area contributed by atoms with Crippen LogP contribution in [0.1, 0.15) is 43.2 Å². The Morgan fingerprint density at radius 3 is 3.00 bits per heavy atom. The molecule has 82 valence electrons. The van der Waals surface area contributed by atoms with Crippen LogP contribution in [-0.2, 0) is 17.7 Å². The summed E-state index contributed by atoms with van der Waals surface area (Å²) < 4.78 is 7.58. The van der Waals surface area contributed by atoms with Gasteiger partial charge in [0, 0.05) is 13.2 Å². The monoisotopic (exact) mass is 208 g/mol. The molecule has 1 N–H and O–H groups in total. The summed E-state index contributed by atoms with van der Waals surface area (Å²) in [5.74, 6) is 0.388. The lowest BCUT2D eigenvalue weighted by atomic mass is 10.1. The Morgan fingerprint density at radius 1 is 1.33 bits per heavy atom. The van der Waals surface area contributed by atoms with E-state index in [2.05, 4.69) is 5.10 Å². The highest BCUT2D eigenvalue weighted by molar-refractivity contribution is 5.35. The minimum atomic E-state index is 0.0249. The van der Waals surface area contributed by atoms with E-state index >= 15 is 0 Å². The molecule has 0 saturated carbocycles. The fourth-order valence-electron chi connectivity index (χ4n) is 2.51. The Bertz CT molecular complexity index is 367. The summed E-state index contributed by atoms with van der Waals surface area (Å²) in [5.41, 5.74) is 1.77. The highest BCUT2D eigenvalue weighted by Gasteiger charge is 2.28. The fraction of sp³-hybridized carbons (Fsp3) is 0.727. The first-order chi connectivity index (χ1) is 7.36. The summed E-state index contributed by atoms with van der Waals surface area (Å²) in [4.78, 5) is 0. The zero-order valence-electron chi connectivity index (χ0n) is 8.78. The van der Waals surface area contributed by atoms with Crippen molar-refractivity contribution in [2.75, 3.05) is 6.61 Å². The molecule has 1 aromatic rings. The first-order valence-corrected chi connectivity index (χ1v) is 5.76. The van der Waals surface area contributed by atoms with Crippen molar-refractivity contribution >= 4 is 0 Å². The van der Waals surface area contributed by atoms with Crippen LogP contribution < -0.4 is 0 Å². The van der Waals surface area contributed by atoms with Crippen molar-refractivity contribution in [1.82, 2.24) is 9.78 Å². The topological polar surface area (TPSA) is 47.3 Å². The van der Waals surface area contributed by atoms with E-state index in [0.29, 0.717) is 5.75 Å². The third-order valence-electron chi connectivity index (χ3n) is 3.32. The Hall–Kier alpha value is -1.03. The molecule has 1 saturated heterocycles. The standard InChI is InChI=1S/C11H16N2O2/c14-11-8-4-3-6-13(8)12-10(11)9-5-1-2-7-15-9/h9,14H,1-7H2. The number of ether oxygens (including phenoxy) is 1. The van der Waals surface area contributed by atoms with Crippen molar-refractivity contribution in [1.29, 1.82) is 0 Å². The van der Waals surface area contributed by atoms with E-state index < -0.39 is 0 Å². The molecule has 2 aliphatic rings. The molecule has 0 aromatic carbocycles. The molecule has 15 heavy (non-hydrogen) atoms. The Kier molecular flexibility index (Phi) is 2.16. The average molecular weight is 208 g/mol. The maximum absolute atomic E-state index is 10.0. The molecule has 2 aliphatic heterocycles. The van der Waals surface area contributed by atoms with E-state index in [1.54, 1.807) is 0 Å². The zero-order chi connectivity index (χ0) is 10.3. The maximum Gasteiger partial charge on any atom is 0.162 e. The molecule has 1 aromatic heterocycles. The maximum atomic E-state index is 10.0. The molecule has 0 spiro atoms. The summed E-state index contributed by atoms with van der Waals surface area (Å²) in [6, 6.07) is 0. The summed E-state index contributed by atoms with van der Waals surface area (Å²) in [7, 11) is 0. The lowest BCUT2D eigenvalue weighted by molar-refractivity contribution is 0.0106. The summed E-state index contributed by atoms with van der Waals surface area (Å²) in [5, 5.41) is 14.5. The van der Waals surface area contributed by atoms with Gasteiger partial charge in [0.2, 0.25) is 0 Å². The molecule has 0 radical (unpaired) electrons. The van der Waals surface area contributed by atoms with Gasteiger partial charge < -0.3 is 9.84 Å². The number of hydrogen-bond acceptors (Lipinski definition) is 3. The van der Waals surface area contributed by atoms with Gasteiger partial charge in [0.15, 0.2) is 5.75 Å². The molecular formula is C11H16N2O2. The van der Waals surface area contributed by atoms with E-state index in [1.807, 2.05) is 4.68 Å². The second-order valence-corrected chi connectivity index (χ2v) is 4.36. The third kappa shape index (κ3) is 1.44. The van der Waals surface area contributed by atoms with E-state index in [0.717, 1.165) is 50.2 Å². The molecule has 1 fully saturated rings. The van der Waals surface area contributed by atoms with Crippen LogP contribution in [0.25, 0.3) is 0 Å². The fourth-order valence-corrected chi connectivity index (χ4v) is 2.51. The lowest BCUT2D eigenvalue weighted by Gasteiger charge is -2.20. The van der Waals surface area contributed by atoms with Crippen molar-refractivity contribution < 1.29 is 9.84 Å². The Labute approximate surface area is 88.9 Å². The van der Waals surface area contributed by atoms with E-state index in [1.165, 1.54) is 6.42 Å². The van der Waals surface area contributed by atoms with Gasteiger partial charge in [0.1, 0.15) is 11.8 Å². The van der Waals surface area contributed by atoms with Crippen LogP contribution in [0.4, 0.5) is 0 Å². The number of aromatic hydroxyl groups is 1. The molecular weight excluding hydrogens is 192 g/mol. The largest absolute Gasteiger partial charge is 0.504 e. The molecule has 1 unspecified atom stereocenters. The van der Waals surface area contributed by atoms with Crippen LogP contribution in [0.5, 0.6) is 5.75 Å². The first kappa shape index (κ1) is 9.21. The van der Waals surface area contributed by atoms with Gasteiger partial charge in [0.25, 0.3) is 0 Å². The van der Waals surface area contributed by atoms with Gasteiger partial charge in [-0.2, -0.15) is 5.10 Å². The van der Waals surface area contributed by atoms with Gasteiger partial charge in [-0.25, -0.2) is 0 Å². The molecule has 1 atom stereocenters. The predicted molar refractivity (Wildman–Crippen MR) is 54.8 cm³/mol. The smallest absolute Gasteiger partial charge is 0.162 e. The SMILES string of the molecule is Oc1c(C2CCCCO2)nn2c1CCC2. The van der Waals surface area contributed by atoms with Crippen molar-refractivity contribution in [2.24, 2.45) is 0 Å². The lowest BCUT2D eigenvalue weighted by Crippen LogP contribution is -2.12. The van der Waals surface area contributed by atoms with Crippen LogP contribution in [0.3, 0.4) is 0 Å². The van der Waals surface area contributed by atoms with Crippen LogP contribution in [0.2, 0.25) is 0 Å². The molecule has 4 heteroatoms. The van der Waals surface area contributed by atoms with E-state index in [-0.39, 0.29) is 6.10 Å². The minimum absolute atomic E-state index is 0.0249. The predicted octanol–water partition coefficient (Wildman–Crippen LogP) is 1.78. The zero-order valence-corrected chi connectivity index (χ0v) is 8.78. The average Bonchev–Trinajstić information content (AvgIpc) is 2.83. The normalized spacial score (nSPS) is 25.5. The number of nitrogens with zero attached hydrogens (tertiary/aromatic N) is 2. The molecule has 3 heterocycles. The summed E-state index contributed by atoms with van der Waals surface area (Å²) >= 11 is 0. The van der Waals surface area contributed by atoms with Crippen molar-refractivity contribution in [3.8, 4) is 5.75 Å². The number of aromatic nitrogens is 2. The Balaban J connectivity index is 1.91. The van der Waals surface area contributed by atoms with Crippen molar-refractivity contribution in [2.45, 2.75) is 44.8 Å². The van der Waals surface area contributed by atoms with Crippen molar-refractivity contribution in [3.63, 3.8) is 0 Å². The minimum Gasteiger partial charge on any atom is -0.504 e. The van der Waals surface area contributed by atoms with Crippen molar-refractivity contribution in [3.05, 3.63) is 11.4 Å². The van der Waals surface area contributed by atoms with Gasteiger partial charge in [-0.05, 0) is 32.1 Å². The second kappa shape index (κ2) is 3.52. The number of hydrogen-bond donors (Lipinski definition) is 1. The molecule has 3 rings (SSSR count). The highest BCUT2D eigenvalue weighted by Crippen LogP contribution is 2.36. The first-order valence-electron chi connectivity index (χ1n) is 5.76. The van der Waals surface area contributed by atoms with E-state index in [4.69, 9.17) is 4.74 Å². The second-order valence-electron chi connectivity index (χ2n) is 4.36. The molecule has 4 nitrogen and oxygen atoms in total. The molecule has 0 amide bonds. The summed E-state index contributed by atoms with van der Waals surface area (Å²) in [6.45, 7) is 1.74. The number of aryl methyl sites for hydroxylation is 1. The van der Waals surface area contributed by atoms with E-state index in [9.17, 15) is 5.11 Å². The van der Waals surface area contributed by atoms with Gasteiger partial charge in [-0.15, -0.1) is 0 Å². The molecule has 0 aliphatic carbocycles. The van der Waals surface area contributed by atoms with Gasteiger partial charge in [-0.1, -0.05) is 0 Å². The summed E-state index contributed by atoms with van der Waals surface area (Å²) in [6.07, 6.45) is 5.37. The third-order valence-corrected chi connectivity index (χ3v) is 3.32. The van der Waals surface area contributed by atoms with Gasteiger partial charge >= 0.3 is 0 Å². The van der Waals surface area contributed by atoms with Gasteiger partial charge in [0.05, 0.1) is 5.69 Å². The van der Waals surface area contributed by atoms with Crippen LogP contribution in [-0.4, -0.2) is 21.5 Å². The van der Waals surface area contributed by atoms with Crippen LogP contribution >= 0.6 is 0 Å². The number of rotatable bonds is 1. The number of fused-ring (bicyclic) bond motifs is 1.